The zero-order chi connectivity index (χ0) is 14.7. The molecule has 0 saturated heterocycles. The van der Waals surface area contributed by atoms with Gasteiger partial charge in [0.25, 0.3) is 0 Å². The normalized spacial score (nSPS) is 11.9. The molecule has 0 aliphatic carbocycles. The van der Waals surface area contributed by atoms with Crippen molar-refractivity contribution in [1.82, 2.24) is 0 Å². The maximum absolute atomic E-state index is 12.9. The summed E-state index contributed by atoms with van der Waals surface area (Å²) < 4.78 is 18.4. The lowest BCUT2D eigenvalue weighted by molar-refractivity contribution is -0.145. The number of halogens is 1. The summed E-state index contributed by atoms with van der Waals surface area (Å²) in [6.07, 6.45) is -1.15. The second kappa shape index (κ2) is 5.74. The largest absolute Gasteiger partial charge is 0.478 e. The lowest BCUT2D eigenvalue weighted by atomic mass is 10.1. The summed E-state index contributed by atoms with van der Waals surface area (Å²) in [5.74, 6) is -1.05. The molecule has 3 nitrogen and oxygen atoms in total. The molecule has 0 radical (unpaired) electrons. The van der Waals surface area contributed by atoms with Gasteiger partial charge in [-0.2, -0.15) is 0 Å². The van der Waals surface area contributed by atoms with Crippen LogP contribution in [-0.4, -0.2) is 11.1 Å². The molecular formula is C16H15FO3. The van der Waals surface area contributed by atoms with Crippen molar-refractivity contribution < 1.29 is 19.0 Å². The minimum Gasteiger partial charge on any atom is -0.478 e. The Bertz CT molecular complexity index is 620. The van der Waals surface area contributed by atoms with Crippen LogP contribution in [0.5, 0.6) is 5.75 Å². The standard InChI is InChI=1S/C16H15FO3/c1-10-3-8-14(9-11(10)2)20-15(16(18)19)12-4-6-13(17)7-5-12/h3-9,15H,1-2H3,(H,18,19). The molecule has 0 bridgehead atoms. The van der Waals surface area contributed by atoms with E-state index in [4.69, 9.17) is 4.74 Å². The van der Waals surface area contributed by atoms with Gasteiger partial charge in [0.15, 0.2) is 0 Å². The van der Waals surface area contributed by atoms with Gasteiger partial charge in [-0.3, -0.25) is 0 Å². The number of rotatable bonds is 4. The predicted molar refractivity (Wildman–Crippen MR) is 73.3 cm³/mol. The van der Waals surface area contributed by atoms with Crippen molar-refractivity contribution in [2.24, 2.45) is 0 Å². The van der Waals surface area contributed by atoms with E-state index in [1.165, 1.54) is 24.3 Å². The molecule has 2 aromatic carbocycles. The fourth-order valence-electron chi connectivity index (χ4n) is 1.82. The lowest BCUT2D eigenvalue weighted by Gasteiger charge is -2.16. The van der Waals surface area contributed by atoms with Crippen LogP contribution in [0.3, 0.4) is 0 Å². The summed E-state index contributed by atoms with van der Waals surface area (Å²) in [6, 6.07) is 10.6. The number of ether oxygens (including phenoxy) is 1. The van der Waals surface area contributed by atoms with Crippen LogP contribution in [0, 0.1) is 19.7 Å². The second-order valence-corrected chi connectivity index (χ2v) is 4.63. The summed E-state index contributed by atoms with van der Waals surface area (Å²) in [5, 5.41) is 9.26. The first-order valence-corrected chi connectivity index (χ1v) is 6.19. The SMILES string of the molecule is Cc1ccc(OC(C(=O)O)c2ccc(F)cc2)cc1C. The molecule has 0 saturated carbocycles. The summed E-state index contributed by atoms with van der Waals surface area (Å²) in [4.78, 5) is 11.3. The van der Waals surface area contributed by atoms with Crippen LogP contribution in [0.1, 0.15) is 22.8 Å². The van der Waals surface area contributed by atoms with Crippen molar-refractivity contribution in [2.75, 3.05) is 0 Å². The van der Waals surface area contributed by atoms with Gasteiger partial charge in [-0.1, -0.05) is 18.2 Å². The molecule has 1 atom stereocenters. The van der Waals surface area contributed by atoms with E-state index in [1.54, 1.807) is 12.1 Å². The fourth-order valence-corrected chi connectivity index (χ4v) is 1.82. The molecule has 0 spiro atoms. The summed E-state index contributed by atoms with van der Waals surface area (Å²) in [5.41, 5.74) is 2.52. The Hall–Kier alpha value is -2.36. The molecule has 2 aromatic rings. The van der Waals surface area contributed by atoms with Gasteiger partial charge in [-0.15, -0.1) is 0 Å². The third-order valence-electron chi connectivity index (χ3n) is 3.13. The predicted octanol–water partition coefficient (Wildman–Crippen LogP) is 3.65. The maximum Gasteiger partial charge on any atom is 0.349 e. The third-order valence-corrected chi connectivity index (χ3v) is 3.13. The first-order chi connectivity index (χ1) is 9.47. The number of hydrogen-bond donors (Lipinski definition) is 1. The molecule has 1 unspecified atom stereocenters. The van der Waals surface area contributed by atoms with E-state index in [-0.39, 0.29) is 0 Å². The highest BCUT2D eigenvalue weighted by Crippen LogP contribution is 2.24. The van der Waals surface area contributed by atoms with Gasteiger partial charge in [-0.05, 0) is 49.2 Å². The number of hydrogen-bond acceptors (Lipinski definition) is 2. The Morgan fingerprint density at radius 3 is 2.30 bits per heavy atom. The van der Waals surface area contributed by atoms with Crippen molar-refractivity contribution >= 4 is 5.97 Å². The summed E-state index contributed by atoms with van der Waals surface area (Å²) in [7, 11) is 0. The molecule has 20 heavy (non-hydrogen) atoms. The Kier molecular flexibility index (Phi) is 4.03. The molecule has 1 N–H and O–H groups in total. The van der Waals surface area contributed by atoms with Crippen LogP contribution in [0.25, 0.3) is 0 Å². The van der Waals surface area contributed by atoms with Gasteiger partial charge in [0.2, 0.25) is 6.10 Å². The van der Waals surface area contributed by atoms with Crippen molar-refractivity contribution in [3.63, 3.8) is 0 Å². The molecule has 0 aromatic heterocycles. The van der Waals surface area contributed by atoms with Crippen LogP contribution < -0.4 is 4.74 Å². The molecule has 4 heteroatoms. The van der Waals surface area contributed by atoms with E-state index >= 15 is 0 Å². The number of aliphatic carboxylic acids is 1. The molecule has 104 valence electrons. The van der Waals surface area contributed by atoms with Crippen molar-refractivity contribution in [2.45, 2.75) is 20.0 Å². The third kappa shape index (κ3) is 3.15. The zero-order valence-corrected chi connectivity index (χ0v) is 11.3. The van der Waals surface area contributed by atoms with E-state index in [0.29, 0.717) is 11.3 Å². The number of benzene rings is 2. The Balaban J connectivity index is 2.27. The molecule has 0 heterocycles. The highest BCUT2D eigenvalue weighted by Gasteiger charge is 2.22. The van der Waals surface area contributed by atoms with Gasteiger partial charge < -0.3 is 9.84 Å². The van der Waals surface area contributed by atoms with Crippen LogP contribution >= 0.6 is 0 Å². The number of carboxylic acids is 1. The Morgan fingerprint density at radius 2 is 1.75 bits per heavy atom. The van der Waals surface area contributed by atoms with E-state index in [2.05, 4.69) is 0 Å². The highest BCUT2D eigenvalue weighted by molar-refractivity contribution is 5.74. The van der Waals surface area contributed by atoms with Gasteiger partial charge in [0.1, 0.15) is 11.6 Å². The number of carbonyl (C=O) groups is 1. The minimum absolute atomic E-state index is 0.400. The molecule has 0 aliphatic rings. The van der Waals surface area contributed by atoms with Crippen molar-refractivity contribution in [1.29, 1.82) is 0 Å². The van der Waals surface area contributed by atoms with E-state index in [9.17, 15) is 14.3 Å². The average Bonchev–Trinajstić information content (AvgIpc) is 2.41. The van der Waals surface area contributed by atoms with Crippen LogP contribution in [0.4, 0.5) is 4.39 Å². The summed E-state index contributed by atoms with van der Waals surface area (Å²) in [6.45, 7) is 3.89. The molecule has 0 aliphatic heterocycles. The Morgan fingerprint density at radius 1 is 1.10 bits per heavy atom. The first kappa shape index (κ1) is 14.1. The average molecular weight is 274 g/mol. The van der Waals surface area contributed by atoms with Crippen LogP contribution in [-0.2, 0) is 4.79 Å². The van der Waals surface area contributed by atoms with Crippen LogP contribution in [0.2, 0.25) is 0 Å². The molecule has 0 fully saturated rings. The van der Waals surface area contributed by atoms with Crippen molar-refractivity contribution in [3.8, 4) is 5.75 Å². The van der Waals surface area contributed by atoms with E-state index < -0.39 is 17.9 Å². The smallest absolute Gasteiger partial charge is 0.349 e. The Labute approximate surface area is 116 Å². The highest BCUT2D eigenvalue weighted by atomic mass is 19.1. The lowest BCUT2D eigenvalue weighted by Crippen LogP contribution is -2.18. The first-order valence-electron chi connectivity index (χ1n) is 6.19. The molecular weight excluding hydrogens is 259 g/mol. The topological polar surface area (TPSA) is 46.5 Å². The van der Waals surface area contributed by atoms with Crippen molar-refractivity contribution in [3.05, 3.63) is 65.0 Å². The van der Waals surface area contributed by atoms with Gasteiger partial charge in [-0.25, -0.2) is 9.18 Å². The van der Waals surface area contributed by atoms with Gasteiger partial charge in [0.05, 0.1) is 0 Å². The number of carboxylic acid groups (broad SMARTS) is 1. The van der Waals surface area contributed by atoms with E-state index in [1.807, 2.05) is 19.9 Å². The van der Waals surface area contributed by atoms with E-state index in [0.717, 1.165) is 11.1 Å². The fraction of sp³-hybridized carbons (Fsp3) is 0.188. The quantitative estimate of drug-likeness (QED) is 0.925. The van der Waals surface area contributed by atoms with Crippen LogP contribution in [0.15, 0.2) is 42.5 Å². The van der Waals surface area contributed by atoms with Gasteiger partial charge >= 0.3 is 5.97 Å². The monoisotopic (exact) mass is 274 g/mol. The second-order valence-electron chi connectivity index (χ2n) is 4.63. The maximum atomic E-state index is 12.9. The molecule has 0 amide bonds. The number of aryl methyl sites for hydroxylation is 2. The molecule has 2 rings (SSSR count). The van der Waals surface area contributed by atoms with Gasteiger partial charge in [0, 0.05) is 5.56 Å². The minimum atomic E-state index is -1.15. The zero-order valence-electron chi connectivity index (χ0n) is 11.3. The summed E-state index contributed by atoms with van der Waals surface area (Å²) >= 11 is 0.